The molecule has 2 fully saturated rings. The average molecular weight is 213 g/mol. The molecule has 2 saturated heterocycles. The number of hydrogen-bond acceptors (Lipinski definition) is 3. The molecule has 0 amide bonds. The van der Waals surface area contributed by atoms with Gasteiger partial charge < -0.3 is 14.8 Å². The third kappa shape index (κ3) is 2.92. The molecule has 2 heterocycles. The van der Waals surface area contributed by atoms with E-state index in [2.05, 4.69) is 12.2 Å². The van der Waals surface area contributed by atoms with Crippen LogP contribution in [0.15, 0.2) is 0 Å². The molecule has 0 bridgehead atoms. The van der Waals surface area contributed by atoms with Crippen LogP contribution in [0.4, 0.5) is 0 Å². The van der Waals surface area contributed by atoms with Gasteiger partial charge in [-0.25, -0.2) is 0 Å². The first kappa shape index (κ1) is 11.4. The van der Waals surface area contributed by atoms with Gasteiger partial charge in [-0.05, 0) is 32.2 Å². The van der Waals surface area contributed by atoms with Gasteiger partial charge >= 0.3 is 0 Å². The van der Waals surface area contributed by atoms with Gasteiger partial charge in [-0.2, -0.15) is 0 Å². The lowest BCUT2D eigenvalue weighted by molar-refractivity contribution is -0.0327. The highest BCUT2D eigenvalue weighted by molar-refractivity contribution is 4.86. The molecular weight excluding hydrogens is 190 g/mol. The molecule has 0 aliphatic carbocycles. The van der Waals surface area contributed by atoms with Gasteiger partial charge in [-0.3, -0.25) is 0 Å². The molecule has 0 radical (unpaired) electrons. The van der Waals surface area contributed by atoms with Crippen LogP contribution in [0, 0.1) is 5.92 Å². The molecule has 0 aromatic carbocycles. The Kier molecular flexibility index (Phi) is 4.42. The van der Waals surface area contributed by atoms with Crippen LogP contribution < -0.4 is 5.32 Å². The van der Waals surface area contributed by atoms with Crippen LogP contribution >= 0.6 is 0 Å². The fraction of sp³-hybridized carbons (Fsp3) is 1.00. The number of rotatable bonds is 5. The van der Waals surface area contributed by atoms with E-state index in [0.29, 0.717) is 18.1 Å². The molecule has 2 rings (SSSR count). The summed E-state index contributed by atoms with van der Waals surface area (Å²) in [6, 6.07) is 0. The van der Waals surface area contributed by atoms with Crippen molar-refractivity contribution in [2.45, 2.75) is 44.8 Å². The van der Waals surface area contributed by atoms with E-state index in [-0.39, 0.29) is 0 Å². The van der Waals surface area contributed by atoms with Crippen LogP contribution in [0.5, 0.6) is 0 Å². The van der Waals surface area contributed by atoms with Gasteiger partial charge in [0.25, 0.3) is 0 Å². The van der Waals surface area contributed by atoms with Crippen molar-refractivity contribution in [1.29, 1.82) is 0 Å². The molecule has 3 nitrogen and oxygen atoms in total. The lowest BCUT2D eigenvalue weighted by Crippen LogP contribution is -2.36. The summed E-state index contributed by atoms with van der Waals surface area (Å²) in [6.45, 7) is 6.27. The van der Waals surface area contributed by atoms with Gasteiger partial charge in [0.05, 0.1) is 12.2 Å². The minimum absolute atomic E-state index is 0.358. The van der Waals surface area contributed by atoms with E-state index in [0.717, 1.165) is 26.3 Å². The van der Waals surface area contributed by atoms with Crippen molar-refractivity contribution < 1.29 is 9.47 Å². The Morgan fingerprint density at radius 2 is 2.13 bits per heavy atom. The Balaban J connectivity index is 1.76. The predicted octanol–water partition coefficient (Wildman–Crippen LogP) is 1.57. The summed E-state index contributed by atoms with van der Waals surface area (Å²) in [4.78, 5) is 0. The van der Waals surface area contributed by atoms with E-state index >= 15 is 0 Å². The first-order chi connectivity index (χ1) is 7.42. The molecule has 0 aromatic heterocycles. The molecule has 3 atom stereocenters. The molecule has 2 aliphatic rings. The minimum Gasteiger partial charge on any atom is -0.376 e. The Morgan fingerprint density at radius 1 is 1.20 bits per heavy atom. The number of ether oxygens (including phenoxy) is 2. The molecule has 0 aromatic rings. The Bertz CT molecular complexity index is 180. The maximum atomic E-state index is 5.82. The van der Waals surface area contributed by atoms with Crippen LogP contribution in [0.2, 0.25) is 0 Å². The second-order valence-electron chi connectivity index (χ2n) is 4.64. The largest absolute Gasteiger partial charge is 0.376 e. The Hall–Kier alpha value is -0.120. The van der Waals surface area contributed by atoms with Crippen molar-refractivity contribution in [1.82, 2.24) is 5.32 Å². The van der Waals surface area contributed by atoms with Gasteiger partial charge in [0, 0.05) is 25.7 Å². The zero-order valence-corrected chi connectivity index (χ0v) is 9.71. The second-order valence-corrected chi connectivity index (χ2v) is 4.64. The minimum atomic E-state index is 0.358. The summed E-state index contributed by atoms with van der Waals surface area (Å²) in [6.07, 6.45) is 5.53. The van der Waals surface area contributed by atoms with E-state index in [9.17, 15) is 0 Å². The van der Waals surface area contributed by atoms with Crippen molar-refractivity contribution >= 4 is 0 Å². The third-order valence-corrected chi connectivity index (χ3v) is 3.43. The summed E-state index contributed by atoms with van der Waals surface area (Å²) in [5.41, 5.74) is 0. The second kappa shape index (κ2) is 5.83. The van der Waals surface area contributed by atoms with Crippen molar-refractivity contribution in [2.24, 2.45) is 5.92 Å². The van der Waals surface area contributed by atoms with Gasteiger partial charge in [0.1, 0.15) is 0 Å². The molecule has 3 heteroatoms. The summed E-state index contributed by atoms with van der Waals surface area (Å²) in [5, 5.41) is 3.49. The summed E-state index contributed by atoms with van der Waals surface area (Å²) in [7, 11) is 0. The molecule has 15 heavy (non-hydrogen) atoms. The van der Waals surface area contributed by atoms with E-state index in [1.54, 1.807) is 0 Å². The molecule has 1 N–H and O–H groups in total. The van der Waals surface area contributed by atoms with Crippen LogP contribution in [0.3, 0.4) is 0 Å². The van der Waals surface area contributed by atoms with E-state index in [1.807, 2.05) is 0 Å². The Labute approximate surface area is 92.5 Å². The first-order valence-corrected chi connectivity index (χ1v) is 6.35. The van der Waals surface area contributed by atoms with Crippen molar-refractivity contribution in [3.05, 3.63) is 0 Å². The average Bonchev–Trinajstić information content (AvgIpc) is 2.87. The third-order valence-electron chi connectivity index (χ3n) is 3.43. The highest BCUT2D eigenvalue weighted by Gasteiger charge is 2.36. The summed E-state index contributed by atoms with van der Waals surface area (Å²) >= 11 is 0. The van der Waals surface area contributed by atoms with Crippen LogP contribution in [-0.4, -0.2) is 38.5 Å². The maximum Gasteiger partial charge on any atom is 0.0877 e. The van der Waals surface area contributed by atoms with Gasteiger partial charge in [-0.15, -0.1) is 0 Å². The highest BCUT2D eigenvalue weighted by atomic mass is 16.5. The zero-order chi connectivity index (χ0) is 10.5. The summed E-state index contributed by atoms with van der Waals surface area (Å²) in [5.74, 6) is 0.666. The molecule has 2 aliphatic heterocycles. The zero-order valence-electron chi connectivity index (χ0n) is 9.71. The SMILES string of the molecule is CCCNCC1CCOC1C1CCCO1. The number of nitrogens with one attached hydrogen (secondary N) is 1. The monoisotopic (exact) mass is 213 g/mol. The number of hydrogen-bond donors (Lipinski definition) is 1. The lowest BCUT2D eigenvalue weighted by atomic mass is 9.95. The van der Waals surface area contributed by atoms with Gasteiger partial charge in [0.2, 0.25) is 0 Å². The smallest absolute Gasteiger partial charge is 0.0877 e. The highest BCUT2D eigenvalue weighted by Crippen LogP contribution is 2.29. The maximum absolute atomic E-state index is 5.82. The van der Waals surface area contributed by atoms with Gasteiger partial charge in [-0.1, -0.05) is 6.92 Å². The topological polar surface area (TPSA) is 30.5 Å². The predicted molar refractivity (Wildman–Crippen MR) is 60.0 cm³/mol. The first-order valence-electron chi connectivity index (χ1n) is 6.35. The van der Waals surface area contributed by atoms with Gasteiger partial charge in [0.15, 0.2) is 0 Å². The van der Waals surface area contributed by atoms with Crippen LogP contribution in [-0.2, 0) is 9.47 Å². The summed E-state index contributed by atoms with van der Waals surface area (Å²) < 4.78 is 11.5. The van der Waals surface area contributed by atoms with Crippen LogP contribution in [0.1, 0.15) is 32.6 Å². The Morgan fingerprint density at radius 3 is 2.87 bits per heavy atom. The lowest BCUT2D eigenvalue weighted by Gasteiger charge is -2.24. The molecule has 0 spiro atoms. The quantitative estimate of drug-likeness (QED) is 0.703. The standard InChI is InChI=1S/C12H23NO2/c1-2-6-13-9-10-5-8-15-12(10)11-4-3-7-14-11/h10-13H,2-9H2,1H3. The van der Waals surface area contributed by atoms with Crippen molar-refractivity contribution in [3.63, 3.8) is 0 Å². The van der Waals surface area contributed by atoms with Crippen LogP contribution in [0.25, 0.3) is 0 Å². The molecule has 88 valence electrons. The fourth-order valence-electron chi connectivity index (χ4n) is 2.61. The normalized spacial score (nSPS) is 36.2. The van der Waals surface area contributed by atoms with E-state index in [1.165, 1.54) is 25.7 Å². The molecule has 0 saturated carbocycles. The fourth-order valence-corrected chi connectivity index (χ4v) is 2.61. The van der Waals surface area contributed by atoms with E-state index < -0.39 is 0 Å². The van der Waals surface area contributed by atoms with Crippen molar-refractivity contribution in [3.8, 4) is 0 Å². The van der Waals surface area contributed by atoms with E-state index in [4.69, 9.17) is 9.47 Å². The molecule has 3 unspecified atom stereocenters. The molecular formula is C12H23NO2. The van der Waals surface area contributed by atoms with Crippen molar-refractivity contribution in [2.75, 3.05) is 26.3 Å².